The van der Waals surface area contributed by atoms with Gasteiger partial charge >= 0.3 is 5.97 Å². The van der Waals surface area contributed by atoms with Crippen LogP contribution in [0.25, 0.3) is 0 Å². The summed E-state index contributed by atoms with van der Waals surface area (Å²) in [5, 5.41) is 0. The van der Waals surface area contributed by atoms with Crippen LogP contribution in [-0.4, -0.2) is 26.3 Å². The van der Waals surface area contributed by atoms with E-state index in [1.165, 1.54) is 0 Å². The number of aryl methyl sites for hydroxylation is 1. The van der Waals surface area contributed by atoms with Crippen LogP contribution >= 0.6 is 15.9 Å². The number of hydrogen-bond acceptors (Lipinski definition) is 5. The van der Waals surface area contributed by atoms with Gasteiger partial charge in [-0.2, -0.15) is 0 Å². The second-order valence-electron chi connectivity index (χ2n) is 5.56. The fourth-order valence-corrected chi connectivity index (χ4v) is 3.03. The van der Waals surface area contributed by atoms with E-state index in [4.69, 9.17) is 18.9 Å². The van der Waals surface area contributed by atoms with Crippen LogP contribution in [0.2, 0.25) is 0 Å². The maximum absolute atomic E-state index is 12.1. The second-order valence-corrected chi connectivity index (χ2v) is 6.41. The zero-order valence-corrected chi connectivity index (χ0v) is 15.5. The Kier molecular flexibility index (Phi) is 5.81. The molecule has 25 heavy (non-hydrogen) atoms. The highest BCUT2D eigenvalue weighted by atomic mass is 79.9. The first kappa shape index (κ1) is 17.6. The molecule has 6 heteroatoms. The van der Waals surface area contributed by atoms with Gasteiger partial charge in [0.1, 0.15) is 25.6 Å². The third kappa shape index (κ3) is 4.45. The molecule has 0 aromatic heterocycles. The molecule has 1 aliphatic heterocycles. The van der Waals surface area contributed by atoms with Crippen LogP contribution in [0, 0.1) is 0 Å². The highest BCUT2D eigenvalue weighted by Gasteiger charge is 2.16. The monoisotopic (exact) mass is 406 g/mol. The lowest BCUT2D eigenvalue weighted by Crippen LogP contribution is -2.15. The number of carbonyl (C=O) groups excluding carboxylic acids is 1. The lowest BCUT2D eigenvalue weighted by atomic mass is 10.1. The highest BCUT2D eigenvalue weighted by molar-refractivity contribution is 9.10. The Morgan fingerprint density at radius 3 is 2.60 bits per heavy atom. The van der Waals surface area contributed by atoms with Crippen LogP contribution in [0.15, 0.2) is 40.9 Å². The lowest BCUT2D eigenvalue weighted by molar-refractivity contribution is -0.144. The van der Waals surface area contributed by atoms with E-state index < -0.39 is 0 Å². The largest absolute Gasteiger partial charge is 0.496 e. The summed E-state index contributed by atoms with van der Waals surface area (Å²) < 4.78 is 22.6. The van der Waals surface area contributed by atoms with E-state index in [0.29, 0.717) is 37.6 Å². The smallest absolute Gasteiger partial charge is 0.306 e. The summed E-state index contributed by atoms with van der Waals surface area (Å²) in [4.78, 5) is 12.1. The van der Waals surface area contributed by atoms with Crippen LogP contribution in [0.1, 0.15) is 17.5 Å². The molecule has 0 saturated carbocycles. The minimum atomic E-state index is -0.257. The molecule has 5 nitrogen and oxygen atoms in total. The van der Waals surface area contributed by atoms with E-state index in [2.05, 4.69) is 15.9 Å². The molecule has 2 aromatic carbocycles. The number of halogens is 1. The van der Waals surface area contributed by atoms with E-state index in [1.54, 1.807) is 7.11 Å². The quantitative estimate of drug-likeness (QED) is 0.680. The van der Waals surface area contributed by atoms with Crippen molar-refractivity contribution in [2.75, 3.05) is 20.3 Å². The number of esters is 1. The van der Waals surface area contributed by atoms with E-state index >= 15 is 0 Å². The maximum Gasteiger partial charge on any atom is 0.306 e. The van der Waals surface area contributed by atoms with E-state index in [-0.39, 0.29) is 12.6 Å². The number of methoxy groups -OCH3 is 1. The van der Waals surface area contributed by atoms with Crippen LogP contribution in [0.5, 0.6) is 17.2 Å². The Hall–Kier alpha value is -2.21. The molecule has 0 spiro atoms. The van der Waals surface area contributed by atoms with Gasteiger partial charge in [0.2, 0.25) is 0 Å². The normalized spacial score (nSPS) is 12.6. The Bertz CT molecular complexity index is 759. The summed E-state index contributed by atoms with van der Waals surface area (Å²) in [6.07, 6.45) is 0.869. The van der Waals surface area contributed by atoms with E-state index in [0.717, 1.165) is 21.3 Å². The van der Waals surface area contributed by atoms with Crippen molar-refractivity contribution in [3.8, 4) is 17.2 Å². The third-order valence-corrected chi connectivity index (χ3v) is 4.63. The van der Waals surface area contributed by atoms with Gasteiger partial charge in [0.25, 0.3) is 0 Å². The van der Waals surface area contributed by atoms with Crippen molar-refractivity contribution in [1.29, 1.82) is 0 Å². The van der Waals surface area contributed by atoms with Gasteiger partial charge in [0.05, 0.1) is 7.11 Å². The van der Waals surface area contributed by atoms with Crippen LogP contribution < -0.4 is 14.2 Å². The molecule has 132 valence electrons. The number of fused-ring (bicyclic) bond motifs is 1. The third-order valence-electron chi connectivity index (χ3n) is 3.89. The van der Waals surface area contributed by atoms with Crippen LogP contribution in [0.4, 0.5) is 0 Å². The molecule has 0 aliphatic carbocycles. The summed E-state index contributed by atoms with van der Waals surface area (Å²) in [7, 11) is 1.62. The molecule has 0 N–H and O–H groups in total. The maximum atomic E-state index is 12.1. The first-order chi connectivity index (χ1) is 12.2. The molecule has 0 bridgehead atoms. The Morgan fingerprint density at radius 1 is 1.12 bits per heavy atom. The molecule has 0 amide bonds. The second kappa shape index (κ2) is 8.25. The summed E-state index contributed by atoms with van der Waals surface area (Å²) in [6.45, 7) is 1.24. The lowest BCUT2D eigenvalue weighted by Gasteiger charge is -2.19. The molecule has 0 saturated heterocycles. The molecule has 1 heterocycles. The Labute approximate surface area is 155 Å². The van der Waals surface area contributed by atoms with Gasteiger partial charge < -0.3 is 18.9 Å². The van der Waals surface area contributed by atoms with Crippen LogP contribution in [0.3, 0.4) is 0 Å². The molecule has 0 atom stereocenters. The van der Waals surface area contributed by atoms with Crippen molar-refractivity contribution in [3.05, 3.63) is 52.0 Å². The van der Waals surface area contributed by atoms with Crippen molar-refractivity contribution >= 4 is 21.9 Å². The molecule has 2 aromatic rings. The molecule has 0 unspecified atom stereocenters. The standard InChI is InChI=1S/C19H19BrO5/c1-22-16-5-3-2-4-13(16)6-7-19(21)25-12-14-10-17-18(11-15(14)20)24-9-8-23-17/h2-5,10-11H,6-9,12H2,1H3. The Balaban J connectivity index is 1.55. The summed E-state index contributed by atoms with van der Waals surface area (Å²) >= 11 is 3.48. The van der Waals surface area contributed by atoms with E-state index in [1.807, 2.05) is 36.4 Å². The summed E-state index contributed by atoms with van der Waals surface area (Å²) in [5.41, 5.74) is 1.83. The zero-order valence-electron chi connectivity index (χ0n) is 13.9. The molecule has 0 radical (unpaired) electrons. The molecular weight excluding hydrogens is 388 g/mol. The Morgan fingerprint density at radius 2 is 1.84 bits per heavy atom. The number of rotatable bonds is 6. The average molecular weight is 407 g/mol. The average Bonchev–Trinajstić information content (AvgIpc) is 2.64. The number of hydrogen-bond donors (Lipinski definition) is 0. The minimum absolute atomic E-state index is 0.183. The summed E-state index contributed by atoms with van der Waals surface area (Å²) in [6, 6.07) is 11.3. The number of para-hydroxylation sites is 1. The number of ether oxygens (including phenoxy) is 4. The fourth-order valence-electron chi connectivity index (χ4n) is 2.59. The van der Waals surface area contributed by atoms with Gasteiger partial charge in [0.15, 0.2) is 11.5 Å². The number of benzene rings is 2. The van der Waals surface area contributed by atoms with Crippen molar-refractivity contribution in [1.82, 2.24) is 0 Å². The topological polar surface area (TPSA) is 54.0 Å². The van der Waals surface area contributed by atoms with Gasteiger partial charge in [-0.15, -0.1) is 0 Å². The van der Waals surface area contributed by atoms with Crippen LogP contribution in [-0.2, 0) is 22.6 Å². The van der Waals surface area contributed by atoms with Gasteiger partial charge in [-0.3, -0.25) is 4.79 Å². The summed E-state index contributed by atoms with van der Waals surface area (Å²) in [5.74, 6) is 1.90. The van der Waals surface area contributed by atoms with Gasteiger partial charge in [-0.05, 0) is 30.2 Å². The zero-order chi connectivity index (χ0) is 17.6. The first-order valence-electron chi connectivity index (χ1n) is 8.03. The molecule has 0 fully saturated rings. The molecular formula is C19H19BrO5. The SMILES string of the molecule is COc1ccccc1CCC(=O)OCc1cc2c(cc1Br)OCCO2. The first-order valence-corrected chi connectivity index (χ1v) is 8.82. The van der Waals surface area contributed by atoms with Gasteiger partial charge in [-0.1, -0.05) is 34.1 Å². The van der Waals surface area contributed by atoms with Crippen molar-refractivity contribution in [3.63, 3.8) is 0 Å². The predicted octanol–water partition coefficient (Wildman–Crippen LogP) is 3.90. The van der Waals surface area contributed by atoms with Crippen molar-refractivity contribution in [2.45, 2.75) is 19.4 Å². The van der Waals surface area contributed by atoms with Gasteiger partial charge in [0, 0.05) is 16.5 Å². The van der Waals surface area contributed by atoms with Gasteiger partial charge in [-0.25, -0.2) is 0 Å². The highest BCUT2D eigenvalue weighted by Crippen LogP contribution is 2.35. The fraction of sp³-hybridized carbons (Fsp3) is 0.316. The molecule has 1 aliphatic rings. The molecule has 3 rings (SSSR count). The minimum Gasteiger partial charge on any atom is -0.496 e. The number of carbonyl (C=O) groups is 1. The van der Waals surface area contributed by atoms with Crippen molar-refractivity contribution in [2.24, 2.45) is 0 Å². The van der Waals surface area contributed by atoms with Crippen molar-refractivity contribution < 1.29 is 23.7 Å². The van der Waals surface area contributed by atoms with E-state index in [9.17, 15) is 4.79 Å². The predicted molar refractivity (Wildman–Crippen MR) is 96.2 cm³/mol.